The van der Waals surface area contributed by atoms with Crippen molar-refractivity contribution >= 4 is 0 Å². The fourth-order valence-electron chi connectivity index (χ4n) is 2.59. The normalized spacial score (nSPS) is 9.57. The molecule has 0 spiro atoms. The van der Waals surface area contributed by atoms with Gasteiger partial charge in [-0.1, -0.05) is 95.6 Å². The lowest BCUT2D eigenvalue weighted by atomic mass is 9.94. The molecule has 0 amide bonds. The van der Waals surface area contributed by atoms with E-state index in [9.17, 15) is 0 Å². The van der Waals surface area contributed by atoms with E-state index in [1.807, 2.05) is 27.7 Å². The van der Waals surface area contributed by atoms with E-state index in [-0.39, 0.29) is 0 Å². The molecule has 0 nitrogen and oxygen atoms in total. The number of hydrogen-bond donors (Lipinski definition) is 0. The van der Waals surface area contributed by atoms with Crippen LogP contribution >= 0.6 is 0 Å². The van der Waals surface area contributed by atoms with Crippen molar-refractivity contribution in [3.8, 4) is 0 Å². The maximum atomic E-state index is 2.30. The van der Waals surface area contributed by atoms with Gasteiger partial charge >= 0.3 is 0 Å². The fourth-order valence-corrected chi connectivity index (χ4v) is 2.59. The Labute approximate surface area is 145 Å². The summed E-state index contributed by atoms with van der Waals surface area (Å²) in [6, 6.07) is 17.7. The van der Waals surface area contributed by atoms with E-state index in [4.69, 9.17) is 0 Å². The van der Waals surface area contributed by atoms with Gasteiger partial charge in [0, 0.05) is 0 Å². The largest absolute Gasteiger partial charge is 0.0683 e. The third-order valence-corrected chi connectivity index (χ3v) is 3.51. The average Bonchev–Trinajstić information content (AvgIpc) is 2.57. The summed E-state index contributed by atoms with van der Waals surface area (Å²) < 4.78 is 0. The predicted molar refractivity (Wildman–Crippen MR) is 106 cm³/mol. The highest BCUT2D eigenvalue weighted by molar-refractivity contribution is 5.29. The lowest BCUT2D eigenvalue weighted by Crippen LogP contribution is -2.01. The Kier molecular flexibility index (Phi) is 12.1. The highest BCUT2D eigenvalue weighted by atomic mass is 14.1. The van der Waals surface area contributed by atoms with Gasteiger partial charge < -0.3 is 0 Å². The van der Waals surface area contributed by atoms with E-state index in [0.29, 0.717) is 0 Å². The van der Waals surface area contributed by atoms with Crippen LogP contribution < -0.4 is 0 Å². The molecule has 2 rings (SSSR count). The first-order chi connectivity index (χ1) is 11.1. The van der Waals surface area contributed by atoms with Gasteiger partial charge in [-0.3, -0.25) is 0 Å². The van der Waals surface area contributed by atoms with Crippen molar-refractivity contribution in [2.75, 3.05) is 0 Å². The Morgan fingerprint density at radius 2 is 1.35 bits per heavy atom. The zero-order valence-electron chi connectivity index (χ0n) is 16.3. The third kappa shape index (κ3) is 8.59. The molecule has 0 N–H and O–H groups in total. The summed E-state index contributed by atoms with van der Waals surface area (Å²) in [6.45, 7) is 14.7. The summed E-state index contributed by atoms with van der Waals surface area (Å²) in [4.78, 5) is 0. The van der Waals surface area contributed by atoms with Crippen molar-refractivity contribution < 1.29 is 0 Å². The quantitative estimate of drug-likeness (QED) is 0.556. The molecule has 0 fully saturated rings. The van der Waals surface area contributed by atoms with E-state index in [1.54, 1.807) is 0 Å². The molecule has 0 saturated carbocycles. The van der Waals surface area contributed by atoms with Gasteiger partial charge in [-0.25, -0.2) is 0 Å². The Morgan fingerprint density at radius 1 is 0.739 bits per heavy atom. The van der Waals surface area contributed by atoms with Crippen LogP contribution in [0.15, 0.2) is 48.5 Å². The van der Waals surface area contributed by atoms with Gasteiger partial charge in [0.1, 0.15) is 0 Å². The standard InChI is InChI=1S/C19H24.2C2H6/c1-15(2)13-19-10-5-4-9-18(19)12-11-17-8-6-7-16(3)14-17;2*1-2/h4-10,14-15H,11-13H2,1-3H3;2*1-2H3. The first kappa shape index (κ1) is 21.4. The van der Waals surface area contributed by atoms with Crippen molar-refractivity contribution in [3.63, 3.8) is 0 Å². The predicted octanol–water partition coefficient (Wildman–Crippen LogP) is 7.03. The van der Waals surface area contributed by atoms with Crippen LogP contribution in [0.3, 0.4) is 0 Å². The molecule has 0 aromatic heterocycles. The summed E-state index contributed by atoms with van der Waals surface area (Å²) in [6.07, 6.45) is 3.47. The minimum Gasteiger partial charge on any atom is -0.0683 e. The second-order valence-electron chi connectivity index (χ2n) is 5.86. The van der Waals surface area contributed by atoms with Crippen molar-refractivity contribution in [1.82, 2.24) is 0 Å². The van der Waals surface area contributed by atoms with Gasteiger partial charge in [0.2, 0.25) is 0 Å². The van der Waals surface area contributed by atoms with Crippen molar-refractivity contribution in [2.24, 2.45) is 5.92 Å². The molecule has 0 heterocycles. The third-order valence-electron chi connectivity index (χ3n) is 3.51. The van der Waals surface area contributed by atoms with Crippen LogP contribution in [-0.2, 0) is 19.3 Å². The van der Waals surface area contributed by atoms with Crippen LogP contribution in [-0.4, -0.2) is 0 Å². The number of rotatable bonds is 5. The summed E-state index contributed by atoms with van der Waals surface area (Å²) in [7, 11) is 0. The molecule has 2 aromatic carbocycles. The van der Waals surface area contributed by atoms with Crippen LogP contribution in [0.25, 0.3) is 0 Å². The first-order valence-corrected chi connectivity index (χ1v) is 9.27. The Morgan fingerprint density at radius 3 is 1.91 bits per heavy atom. The molecule has 2 aromatic rings. The minimum absolute atomic E-state index is 0.722. The lowest BCUT2D eigenvalue weighted by Gasteiger charge is -2.11. The highest BCUT2D eigenvalue weighted by Crippen LogP contribution is 2.16. The van der Waals surface area contributed by atoms with Crippen LogP contribution in [0.1, 0.15) is 63.8 Å². The second-order valence-corrected chi connectivity index (χ2v) is 5.86. The topological polar surface area (TPSA) is 0 Å². The lowest BCUT2D eigenvalue weighted by molar-refractivity contribution is 0.642. The SMILES string of the molecule is CC.CC.Cc1cccc(CCc2ccccc2CC(C)C)c1. The molecule has 0 aliphatic carbocycles. The Balaban J connectivity index is 0.00000112. The maximum absolute atomic E-state index is 2.30. The van der Waals surface area contributed by atoms with Crippen molar-refractivity contribution in [3.05, 3.63) is 70.8 Å². The average molecular weight is 313 g/mol. The van der Waals surface area contributed by atoms with Crippen LogP contribution in [0.5, 0.6) is 0 Å². The van der Waals surface area contributed by atoms with Gasteiger partial charge in [-0.05, 0) is 48.8 Å². The Hall–Kier alpha value is -1.56. The second kappa shape index (κ2) is 12.9. The minimum atomic E-state index is 0.722. The zero-order chi connectivity index (χ0) is 17.7. The summed E-state index contributed by atoms with van der Waals surface area (Å²) in [5.41, 5.74) is 5.83. The molecule has 0 heteroatoms. The Bertz CT molecular complexity index is 523. The van der Waals surface area contributed by atoms with Crippen molar-refractivity contribution in [1.29, 1.82) is 0 Å². The van der Waals surface area contributed by atoms with Crippen molar-refractivity contribution in [2.45, 2.75) is 67.7 Å². The van der Waals surface area contributed by atoms with Gasteiger partial charge in [0.15, 0.2) is 0 Å². The highest BCUT2D eigenvalue weighted by Gasteiger charge is 2.04. The fraction of sp³-hybridized carbons (Fsp3) is 0.478. The molecule has 0 bridgehead atoms. The molecule has 23 heavy (non-hydrogen) atoms. The summed E-state index contributed by atoms with van der Waals surface area (Å²) in [5, 5.41) is 0. The molecule has 0 radical (unpaired) electrons. The van der Waals surface area contributed by atoms with Gasteiger partial charge in [-0.2, -0.15) is 0 Å². The van der Waals surface area contributed by atoms with Gasteiger partial charge in [0.05, 0.1) is 0 Å². The molecule has 0 aliphatic rings. The maximum Gasteiger partial charge on any atom is -0.0236 e. The monoisotopic (exact) mass is 312 g/mol. The molecule has 0 unspecified atom stereocenters. The van der Waals surface area contributed by atoms with E-state index < -0.39 is 0 Å². The smallest absolute Gasteiger partial charge is 0.0236 e. The zero-order valence-corrected chi connectivity index (χ0v) is 16.3. The molecular weight excluding hydrogens is 276 g/mol. The van der Waals surface area contributed by atoms with Gasteiger partial charge in [-0.15, -0.1) is 0 Å². The van der Waals surface area contributed by atoms with Gasteiger partial charge in [0.25, 0.3) is 0 Å². The van der Waals surface area contributed by atoms with E-state index in [2.05, 4.69) is 69.3 Å². The molecule has 0 atom stereocenters. The molecule has 0 aliphatic heterocycles. The number of hydrogen-bond acceptors (Lipinski definition) is 0. The molecule has 128 valence electrons. The first-order valence-electron chi connectivity index (χ1n) is 9.27. The number of aryl methyl sites for hydroxylation is 3. The molecular formula is C23H36. The summed E-state index contributed by atoms with van der Waals surface area (Å²) >= 11 is 0. The van der Waals surface area contributed by atoms with E-state index >= 15 is 0 Å². The van der Waals surface area contributed by atoms with Crippen LogP contribution in [0.4, 0.5) is 0 Å². The van der Waals surface area contributed by atoms with Crippen LogP contribution in [0, 0.1) is 12.8 Å². The summed E-state index contributed by atoms with van der Waals surface area (Å²) in [5.74, 6) is 0.722. The van der Waals surface area contributed by atoms with Crippen LogP contribution in [0.2, 0.25) is 0 Å². The molecule has 0 saturated heterocycles. The van der Waals surface area contributed by atoms with E-state index in [1.165, 1.54) is 28.7 Å². The number of benzene rings is 2. The van der Waals surface area contributed by atoms with E-state index in [0.717, 1.165) is 18.8 Å².